The summed E-state index contributed by atoms with van der Waals surface area (Å²) in [5.41, 5.74) is 22.2. The Bertz CT molecular complexity index is 7780. The zero-order valence-electron chi connectivity index (χ0n) is 68.6. The van der Waals surface area contributed by atoms with Crippen LogP contribution in [0.25, 0.3) is 179 Å². The second-order valence-corrected chi connectivity index (χ2v) is 30.9. The van der Waals surface area contributed by atoms with Crippen molar-refractivity contribution >= 4 is 135 Å². The highest BCUT2D eigenvalue weighted by atomic mass is 16.2. The molecule has 22 rings (SSSR count). The fraction of sp³-hybridized carbons (Fsp3) is 0.0870. The van der Waals surface area contributed by atoms with Gasteiger partial charge in [-0.15, -0.1) is 0 Å². The molecule has 0 aliphatic rings. The van der Waals surface area contributed by atoms with E-state index in [0.29, 0.717) is 80.6 Å². The number of amides is 4. The van der Waals surface area contributed by atoms with E-state index in [4.69, 9.17) is 0 Å². The van der Waals surface area contributed by atoms with Crippen LogP contribution in [0.15, 0.2) is 257 Å². The third-order valence-electron chi connectivity index (χ3n) is 20.5. The quantitative estimate of drug-likeness (QED) is 0.0427. The number of aromatic nitrogens is 28. The maximum atomic E-state index is 12.5. The van der Waals surface area contributed by atoms with E-state index in [-0.39, 0.29) is 29.5 Å². The number of benzene rings is 2. The van der Waals surface area contributed by atoms with Crippen LogP contribution in [0, 0.1) is 11.3 Å². The van der Waals surface area contributed by atoms with Crippen LogP contribution < -0.4 is 21.3 Å². The van der Waals surface area contributed by atoms with Gasteiger partial charge < -0.3 is 41.2 Å². The van der Waals surface area contributed by atoms with Crippen molar-refractivity contribution in [2.24, 2.45) is 11.3 Å². The third kappa shape index (κ3) is 17.2. The van der Waals surface area contributed by atoms with E-state index >= 15 is 0 Å². The number of anilines is 4. The van der Waals surface area contributed by atoms with E-state index in [1.54, 1.807) is 136 Å². The van der Waals surface area contributed by atoms with Gasteiger partial charge in [0.15, 0.2) is 45.9 Å². The van der Waals surface area contributed by atoms with Crippen molar-refractivity contribution in [1.82, 2.24) is 140 Å². The van der Waals surface area contributed by atoms with Gasteiger partial charge in [0.25, 0.3) is 5.91 Å². The van der Waals surface area contributed by atoms with E-state index in [2.05, 4.69) is 162 Å². The van der Waals surface area contributed by atoms with Crippen LogP contribution >= 0.6 is 0 Å². The molecule has 0 spiro atoms. The number of carbonyl (C=O) groups excluding carboxylic acids is 4. The zero-order valence-corrected chi connectivity index (χ0v) is 68.6. The number of hydrogen-bond donors (Lipinski definition) is 12. The van der Waals surface area contributed by atoms with Crippen LogP contribution in [0.2, 0.25) is 0 Å². The molecule has 36 heteroatoms. The van der Waals surface area contributed by atoms with Gasteiger partial charge in [-0.25, -0.2) is 39.9 Å². The predicted octanol–water partition coefficient (Wildman–Crippen LogP) is 15.8. The number of pyridine rings is 12. The van der Waals surface area contributed by atoms with Gasteiger partial charge in [-0.3, -0.25) is 79.4 Å². The number of aromatic amines is 8. The van der Waals surface area contributed by atoms with Gasteiger partial charge in [0, 0.05) is 136 Å². The minimum Gasteiger partial charge on any atom is -0.335 e. The van der Waals surface area contributed by atoms with Crippen molar-refractivity contribution in [1.29, 1.82) is 0 Å². The average Bonchev–Trinajstić information content (AvgIpc) is 1.63. The van der Waals surface area contributed by atoms with Crippen molar-refractivity contribution in [2.45, 2.75) is 41.0 Å². The molecule has 20 heterocycles. The molecule has 0 bridgehead atoms. The molecule has 22 aromatic rings. The van der Waals surface area contributed by atoms with Gasteiger partial charge in [-0.1, -0.05) is 83.1 Å². The molecule has 0 radical (unpaired) electrons. The van der Waals surface area contributed by atoms with E-state index in [0.717, 1.165) is 139 Å². The number of nitrogens with one attached hydrogen (secondary N) is 12. The Kier molecular flexibility index (Phi) is 21.4. The molecule has 0 unspecified atom stereocenters. The summed E-state index contributed by atoms with van der Waals surface area (Å²) in [6, 6.07) is 41.5. The van der Waals surface area contributed by atoms with Crippen molar-refractivity contribution in [2.75, 3.05) is 21.3 Å². The molecular weight excluding hydrogens is 1620 g/mol. The molecule has 624 valence electrons. The van der Waals surface area contributed by atoms with Crippen LogP contribution in [0.5, 0.6) is 0 Å². The summed E-state index contributed by atoms with van der Waals surface area (Å²) in [4.78, 5) is 132. The third-order valence-corrected chi connectivity index (χ3v) is 20.5. The largest absolute Gasteiger partial charge is 0.335 e. The first-order valence-corrected chi connectivity index (χ1v) is 40.2. The second kappa shape index (κ2) is 34.4. The molecule has 12 N–H and O–H groups in total. The first-order chi connectivity index (χ1) is 62.4. The molecule has 36 nitrogen and oxygen atoms in total. The lowest BCUT2D eigenvalue weighted by atomic mass is 9.95. The standard InChI is InChI=1S/C25H18N8O.C24H16N8O.C22H20N8O.C21H18N8O/c34-22(8-15-4-2-1-3-5-15)29-18-9-16(11-27-13-18)17-10-19-23(32-33-24(19)28-12-17)25-30-20-6-7-26-14-21(20)31-25;33-24(14-4-2-1-3-5-14)28-17-8-15(10-26-12-17)16-9-18-21(31-32-22(18)27-11-16)23-29-19-6-7-25-13-20(19)30-23;1-22(2,3)21(31)26-14-6-12(8-24-10-14)13-7-15-18(29-30-19(15)25-9-13)20-27-16-4-5-23-11-17(16)28-20;1-11(2)21(30)25-14-5-12(7-23-9-14)13-6-15-18(28-29-19(15)24-8-13)20-26-16-3-4-22-10-17(16)27-20/h1-7,9-14H,8H2,(H,29,34)(H,30,31)(H,28,32,33);1-13H,(H,28,33)(H,29,30)(H,27,31,32);4-11H,1-3H3,(H,26,31)(H,27,28)(H,25,29,30);3-11H,1-2H3,(H,25,30)(H,26,27)(H,24,28,29). The van der Waals surface area contributed by atoms with Crippen molar-refractivity contribution in [3.05, 3.63) is 269 Å². The Morgan fingerprint density at radius 3 is 0.977 bits per heavy atom. The number of hydrogen-bond acceptors (Lipinski definition) is 24. The highest BCUT2D eigenvalue weighted by Gasteiger charge is 2.24. The maximum absolute atomic E-state index is 12.5. The minimum absolute atomic E-state index is 0.0565. The molecule has 20 aromatic heterocycles. The van der Waals surface area contributed by atoms with Gasteiger partial charge in [-0.2, -0.15) is 20.4 Å². The first kappa shape index (κ1) is 79.7. The molecule has 128 heavy (non-hydrogen) atoms. The Morgan fingerprint density at radius 1 is 0.336 bits per heavy atom. The summed E-state index contributed by atoms with van der Waals surface area (Å²) >= 11 is 0. The molecule has 0 fully saturated rings. The lowest BCUT2D eigenvalue weighted by Gasteiger charge is -2.17. The summed E-state index contributed by atoms with van der Waals surface area (Å²) in [6.07, 6.45) is 34.4. The summed E-state index contributed by atoms with van der Waals surface area (Å²) in [7, 11) is 0. The molecule has 0 aliphatic heterocycles. The van der Waals surface area contributed by atoms with Gasteiger partial charge in [-0.05, 0) is 90.5 Å². The number of imidazole rings is 4. The molecule has 0 atom stereocenters. The number of H-pyrrole nitrogens is 8. The number of fused-ring (bicyclic) bond motifs is 8. The smallest absolute Gasteiger partial charge is 0.255 e. The van der Waals surface area contributed by atoms with Gasteiger partial charge in [0.05, 0.1) is 144 Å². The molecule has 0 aliphatic carbocycles. The van der Waals surface area contributed by atoms with Gasteiger partial charge in [0.2, 0.25) is 17.7 Å². The molecule has 2 aromatic carbocycles. The van der Waals surface area contributed by atoms with Gasteiger partial charge >= 0.3 is 0 Å². The maximum Gasteiger partial charge on any atom is 0.255 e. The molecular formula is C92H72N32O4. The minimum atomic E-state index is -0.496. The van der Waals surface area contributed by atoms with E-state index in [1.807, 2.05) is 156 Å². The van der Waals surface area contributed by atoms with E-state index < -0.39 is 5.41 Å². The average molecular weight is 1690 g/mol. The van der Waals surface area contributed by atoms with E-state index in [1.165, 1.54) is 0 Å². The van der Waals surface area contributed by atoms with Crippen LogP contribution in [-0.2, 0) is 20.8 Å². The van der Waals surface area contributed by atoms with Crippen LogP contribution in [0.1, 0.15) is 50.5 Å². The lowest BCUT2D eigenvalue weighted by molar-refractivity contribution is -0.123. The fourth-order valence-electron chi connectivity index (χ4n) is 13.9. The van der Waals surface area contributed by atoms with Crippen molar-refractivity contribution < 1.29 is 19.2 Å². The van der Waals surface area contributed by atoms with E-state index in [9.17, 15) is 19.2 Å². The topological polar surface area (TPSA) is 501 Å². The molecule has 4 amide bonds. The van der Waals surface area contributed by atoms with Crippen LogP contribution in [0.4, 0.5) is 22.7 Å². The zero-order chi connectivity index (χ0) is 87.4. The van der Waals surface area contributed by atoms with Crippen LogP contribution in [0.3, 0.4) is 0 Å². The Hall–Kier alpha value is -18.1. The summed E-state index contributed by atoms with van der Waals surface area (Å²) in [5, 5.41) is 44.2. The number of nitrogens with zero attached hydrogens (tertiary/aromatic N) is 20. The normalized spacial score (nSPS) is 11.4. The van der Waals surface area contributed by atoms with Crippen molar-refractivity contribution in [3.63, 3.8) is 0 Å². The summed E-state index contributed by atoms with van der Waals surface area (Å²) in [5.74, 6) is 2.10. The highest BCUT2D eigenvalue weighted by molar-refractivity contribution is 6.05. The second-order valence-electron chi connectivity index (χ2n) is 30.9. The SMILES string of the molecule is CC(C)(C)C(=O)Nc1cncc(-c2cnc3n[nH]c(-c4nc5ccncc5[nH]4)c3c2)c1.CC(C)C(=O)Nc1cncc(-c2cnc3n[nH]c(-c4nc5ccncc5[nH]4)c3c2)c1.O=C(Cc1ccccc1)Nc1cncc(-c2cnc3n[nH]c(-c4nc5ccncc5[nH]4)c3c2)c1.O=C(Nc1cncc(-c2cnc3n[nH]c(-c4nc5ccncc5[nH]4)c3c2)c1)c1ccccc1. The number of carbonyl (C=O) groups is 4. The Balaban J connectivity index is 0.000000111. The monoisotopic (exact) mass is 1690 g/mol. The molecule has 0 saturated carbocycles. The summed E-state index contributed by atoms with van der Waals surface area (Å²) < 4.78 is 0. The highest BCUT2D eigenvalue weighted by Crippen LogP contribution is 2.36. The van der Waals surface area contributed by atoms with Gasteiger partial charge in [0.1, 0.15) is 22.8 Å². The van der Waals surface area contributed by atoms with Crippen LogP contribution in [-0.4, -0.2) is 164 Å². The molecule has 0 saturated heterocycles. The fourth-order valence-corrected chi connectivity index (χ4v) is 13.9. The predicted molar refractivity (Wildman–Crippen MR) is 485 cm³/mol. The number of rotatable bonds is 16. The first-order valence-electron chi connectivity index (χ1n) is 40.2. The summed E-state index contributed by atoms with van der Waals surface area (Å²) in [6.45, 7) is 9.29. The van der Waals surface area contributed by atoms with Crippen molar-refractivity contribution in [3.8, 4) is 90.6 Å². The Labute approximate surface area is 723 Å². The Morgan fingerprint density at radius 2 is 0.648 bits per heavy atom. The lowest BCUT2D eigenvalue weighted by Crippen LogP contribution is -2.27.